The molecule has 1 atom stereocenters. The average molecular weight is 422 g/mol. The van der Waals surface area contributed by atoms with Gasteiger partial charge in [-0.3, -0.25) is 9.69 Å². The number of ether oxygens (including phenoxy) is 2. The van der Waals surface area contributed by atoms with Crippen molar-refractivity contribution >= 4 is 22.4 Å². The number of Topliss-reactive ketones (excluding diaryl/α,β-unsaturated/α-hetero) is 1. The summed E-state index contributed by atoms with van der Waals surface area (Å²) in [6.07, 6.45) is 0. The minimum atomic E-state index is 0.165. The summed E-state index contributed by atoms with van der Waals surface area (Å²) in [6, 6.07) is 14.4. The molecule has 0 amide bonds. The highest BCUT2D eigenvalue weighted by Gasteiger charge is 2.27. The van der Waals surface area contributed by atoms with Crippen molar-refractivity contribution in [3.8, 4) is 11.5 Å². The first-order valence-electron chi connectivity index (χ1n) is 10.7. The lowest BCUT2D eigenvalue weighted by Crippen LogP contribution is -2.53. The van der Waals surface area contributed by atoms with Gasteiger partial charge in [0.1, 0.15) is 11.5 Å². The molecule has 0 saturated carbocycles. The van der Waals surface area contributed by atoms with Crippen LogP contribution < -0.4 is 14.4 Å². The molecule has 31 heavy (non-hydrogen) atoms. The molecule has 1 saturated heterocycles. The second-order valence-electron chi connectivity index (χ2n) is 8.30. The van der Waals surface area contributed by atoms with Crippen LogP contribution in [0.2, 0.25) is 0 Å². The van der Waals surface area contributed by atoms with Crippen LogP contribution in [0.4, 0.5) is 5.69 Å². The first-order valence-corrected chi connectivity index (χ1v) is 10.7. The topological polar surface area (TPSA) is 46.9 Å². The van der Waals surface area contributed by atoms with E-state index in [0.29, 0.717) is 12.6 Å². The van der Waals surface area contributed by atoms with Crippen LogP contribution in [0.1, 0.15) is 23.0 Å². The fourth-order valence-electron chi connectivity index (χ4n) is 4.66. The second kappa shape index (κ2) is 8.63. The van der Waals surface area contributed by atoms with Gasteiger partial charge in [0.05, 0.1) is 20.8 Å². The van der Waals surface area contributed by atoms with Gasteiger partial charge in [0.15, 0.2) is 5.78 Å². The SMILES string of the molecule is COc1cccc(N2CCN(CC(=O)c3c(C)n(C)c4ccc(OC)cc34)CC2C)c1. The number of benzene rings is 2. The maximum atomic E-state index is 13.4. The van der Waals surface area contributed by atoms with Crippen molar-refractivity contribution in [2.75, 3.05) is 45.3 Å². The third-order valence-electron chi connectivity index (χ3n) is 6.44. The van der Waals surface area contributed by atoms with E-state index in [0.717, 1.165) is 59.0 Å². The number of rotatable bonds is 6. The van der Waals surface area contributed by atoms with Crippen LogP contribution in [0.15, 0.2) is 42.5 Å². The number of nitrogens with zero attached hydrogens (tertiary/aromatic N) is 3. The number of anilines is 1. The summed E-state index contributed by atoms with van der Waals surface area (Å²) in [7, 11) is 5.36. The molecule has 3 aromatic rings. The summed E-state index contributed by atoms with van der Waals surface area (Å²) < 4.78 is 12.9. The monoisotopic (exact) mass is 421 g/mol. The number of aromatic nitrogens is 1. The molecule has 6 nitrogen and oxygen atoms in total. The van der Waals surface area contributed by atoms with E-state index in [4.69, 9.17) is 9.47 Å². The molecule has 4 rings (SSSR count). The Hall–Kier alpha value is -2.99. The van der Waals surface area contributed by atoms with Gasteiger partial charge in [0, 0.05) is 66.6 Å². The molecule has 0 bridgehead atoms. The molecule has 1 unspecified atom stereocenters. The number of ketones is 1. The van der Waals surface area contributed by atoms with Gasteiger partial charge in [-0.2, -0.15) is 0 Å². The Bertz CT molecular complexity index is 1100. The number of carbonyl (C=O) groups is 1. The zero-order valence-corrected chi connectivity index (χ0v) is 19.0. The third kappa shape index (κ3) is 4.00. The Morgan fingerprint density at radius 1 is 1.06 bits per heavy atom. The predicted octanol–water partition coefficient (Wildman–Crippen LogP) is 3.90. The summed E-state index contributed by atoms with van der Waals surface area (Å²) in [5.74, 6) is 1.80. The number of hydrogen-bond donors (Lipinski definition) is 0. The van der Waals surface area contributed by atoms with Crippen LogP contribution in [0.5, 0.6) is 11.5 Å². The van der Waals surface area contributed by atoms with Crippen LogP contribution in [0.3, 0.4) is 0 Å². The molecular formula is C25H31N3O3. The van der Waals surface area contributed by atoms with Gasteiger partial charge >= 0.3 is 0 Å². The van der Waals surface area contributed by atoms with Crippen LogP contribution in [0.25, 0.3) is 10.9 Å². The summed E-state index contributed by atoms with van der Waals surface area (Å²) in [4.78, 5) is 18.0. The van der Waals surface area contributed by atoms with E-state index in [-0.39, 0.29) is 5.78 Å². The Balaban J connectivity index is 1.51. The molecule has 1 aliphatic heterocycles. The average Bonchev–Trinajstić information content (AvgIpc) is 3.03. The van der Waals surface area contributed by atoms with Gasteiger partial charge in [0.2, 0.25) is 0 Å². The van der Waals surface area contributed by atoms with Crippen LogP contribution in [0, 0.1) is 6.92 Å². The summed E-state index contributed by atoms with van der Waals surface area (Å²) in [6.45, 7) is 7.22. The largest absolute Gasteiger partial charge is 0.497 e. The Labute approximate surface area is 184 Å². The molecule has 1 aliphatic rings. The Kier molecular flexibility index (Phi) is 5.92. The highest BCUT2D eigenvalue weighted by Crippen LogP contribution is 2.30. The van der Waals surface area contributed by atoms with E-state index < -0.39 is 0 Å². The second-order valence-corrected chi connectivity index (χ2v) is 8.30. The van der Waals surface area contributed by atoms with E-state index in [2.05, 4.69) is 33.4 Å². The Morgan fingerprint density at radius 3 is 2.52 bits per heavy atom. The number of fused-ring (bicyclic) bond motifs is 1. The smallest absolute Gasteiger partial charge is 0.179 e. The zero-order chi connectivity index (χ0) is 22.1. The van der Waals surface area contributed by atoms with Gasteiger partial charge in [0.25, 0.3) is 0 Å². The molecule has 1 aromatic heterocycles. The maximum absolute atomic E-state index is 13.4. The predicted molar refractivity (Wildman–Crippen MR) is 125 cm³/mol. The van der Waals surface area contributed by atoms with Gasteiger partial charge in [-0.05, 0) is 44.2 Å². The molecule has 0 aliphatic carbocycles. The molecule has 2 aromatic carbocycles. The lowest BCUT2D eigenvalue weighted by Gasteiger charge is -2.41. The van der Waals surface area contributed by atoms with Crippen molar-refractivity contribution in [1.82, 2.24) is 9.47 Å². The van der Waals surface area contributed by atoms with Crippen molar-refractivity contribution in [3.05, 3.63) is 53.7 Å². The fourth-order valence-corrected chi connectivity index (χ4v) is 4.66. The third-order valence-corrected chi connectivity index (χ3v) is 6.44. The first kappa shape index (κ1) is 21.2. The van der Waals surface area contributed by atoms with Crippen molar-refractivity contribution in [2.45, 2.75) is 19.9 Å². The highest BCUT2D eigenvalue weighted by atomic mass is 16.5. The highest BCUT2D eigenvalue weighted by molar-refractivity contribution is 6.10. The summed E-state index contributed by atoms with van der Waals surface area (Å²) in [5, 5.41) is 0.965. The summed E-state index contributed by atoms with van der Waals surface area (Å²) >= 11 is 0. The quantitative estimate of drug-likeness (QED) is 0.565. The van der Waals surface area contributed by atoms with Crippen LogP contribution >= 0.6 is 0 Å². The standard InChI is InChI=1S/C25H31N3O3/c1-17-15-27(11-12-28(17)19-7-6-8-20(13-19)30-4)16-24(29)25-18(2)26(3)23-10-9-21(31-5)14-22(23)25/h6-10,13-14,17H,11-12,15-16H2,1-5H3. The van der Waals surface area contributed by atoms with Crippen molar-refractivity contribution in [2.24, 2.45) is 7.05 Å². The maximum Gasteiger partial charge on any atom is 0.179 e. The number of piperazine rings is 1. The number of hydrogen-bond acceptors (Lipinski definition) is 5. The summed E-state index contributed by atoms with van der Waals surface area (Å²) in [5.41, 5.74) is 4.02. The molecular weight excluding hydrogens is 390 g/mol. The Morgan fingerprint density at radius 2 is 1.81 bits per heavy atom. The van der Waals surface area contributed by atoms with Crippen molar-refractivity contribution < 1.29 is 14.3 Å². The van der Waals surface area contributed by atoms with Gasteiger partial charge in [-0.15, -0.1) is 0 Å². The minimum absolute atomic E-state index is 0.165. The first-order chi connectivity index (χ1) is 14.9. The molecule has 164 valence electrons. The van der Waals surface area contributed by atoms with E-state index >= 15 is 0 Å². The van der Waals surface area contributed by atoms with Crippen LogP contribution in [-0.2, 0) is 7.05 Å². The number of aryl methyl sites for hydroxylation is 1. The van der Waals surface area contributed by atoms with Crippen LogP contribution in [-0.4, -0.2) is 61.7 Å². The van der Waals surface area contributed by atoms with E-state index in [1.807, 2.05) is 44.3 Å². The number of carbonyl (C=O) groups excluding carboxylic acids is 1. The van der Waals surface area contributed by atoms with Gasteiger partial charge < -0.3 is 18.9 Å². The molecule has 0 spiro atoms. The number of methoxy groups -OCH3 is 2. The van der Waals surface area contributed by atoms with E-state index in [1.165, 1.54) is 0 Å². The van der Waals surface area contributed by atoms with Crippen molar-refractivity contribution in [3.63, 3.8) is 0 Å². The van der Waals surface area contributed by atoms with E-state index in [9.17, 15) is 4.79 Å². The van der Waals surface area contributed by atoms with Gasteiger partial charge in [-0.25, -0.2) is 0 Å². The molecule has 6 heteroatoms. The van der Waals surface area contributed by atoms with E-state index in [1.54, 1.807) is 14.2 Å². The lowest BCUT2D eigenvalue weighted by atomic mass is 10.0. The zero-order valence-electron chi connectivity index (χ0n) is 19.0. The lowest BCUT2D eigenvalue weighted by molar-refractivity contribution is 0.0918. The molecule has 2 heterocycles. The fraction of sp³-hybridized carbons (Fsp3) is 0.400. The molecule has 1 fully saturated rings. The van der Waals surface area contributed by atoms with Gasteiger partial charge in [-0.1, -0.05) is 6.07 Å². The minimum Gasteiger partial charge on any atom is -0.497 e. The van der Waals surface area contributed by atoms with Crippen molar-refractivity contribution in [1.29, 1.82) is 0 Å². The normalized spacial score (nSPS) is 17.2. The molecule has 0 N–H and O–H groups in total. The molecule has 0 radical (unpaired) electrons.